The van der Waals surface area contributed by atoms with E-state index < -0.39 is 52.3 Å². The second kappa shape index (κ2) is 6.91. The van der Waals surface area contributed by atoms with Gasteiger partial charge in [-0.3, -0.25) is 0 Å². The SMILES string of the molecule is COC(=O)c1c(C(F)(F)C(F)(F)C(F)(F)F)nc2ccccc2c1C(=O)OC. The highest BCUT2D eigenvalue weighted by Crippen LogP contribution is 2.52. The second-order valence-electron chi connectivity index (χ2n) is 5.36. The maximum Gasteiger partial charge on any atom is 0.460 e. The molecule has 0 atom stereocenters. The normalized spacial score (nSPS) is 12.8. The van der Waals surface area contributed by atoms with E-state index in [0.717, 1.165) is 19.2 Å². The van der Waals surface area contributed by atoms with Gasteiger partial charge >= 0.3 is 30.0 Å². The summed E-state index contributed by atoms with van der Waals surface area (Å²) in [5, 5.41) is -0.287. The van der Waals surface area contributed by atoms with Crippen molar-refractivity contribution in [3.63, 3.8) is 0 Å². The molecule has 0 saturated heterocycles. The van der Waals surface area contributed by atoms with Crippen molar-refractivity contribution >= 4 is 22.8 Å². The number of hydrogen-bond acceptors (Lipinski definition) is 5. The molecular weight excluding hydrogens is 403 g/mol. The van der Waals surface area contributed by atoms with Crippen molar-refractivity contribution in [3.05, 3.63) is 41.1 Å². The van der Waals surface area contributed by atoms with E-state index in [2.05, 4.69) is 14.5 Å². The molecule has 0 bridgehead atoms. The highest BCUT2D eigenvalue weighted by Gasteiger charge is 2.75. The molecule has 1 aromatic heterocycles. The van der Waals surface area contributed by atoms with Crippen LogP contribution in [-0.2, 0) is 15.4 Å². The van der Waals surface area contributed by atoms with Crippen LogP contribution in [0, 0.1) is 0 Å². The van der Waals surface area contributed by atoms with E-state index in [1.54, 1.807) is 0 Å². The Balaban J connectivity index is 3.05. The van der Waals surface area contributed by atoms with E-state index in [9.17, 15) is 40.3 Å². The van der Waals surface area contributed by atoms with Crippen LogP contribution >= 0.6 is 0 Å². The first-order chi connectivity index (χ1) is 12.8. The first-order valence-electron chi connectivity index (χ1n) is 7.23. The summed E-state index contributed by atoms with van der Waals surface area (Å²) in [5.74, 6) is -15.8. The van der Waals surface area contributed by atoms with Crippen molar-refractivity contribution in [2.24, 2.45) is 0 Å². The van der Waals surface area contributed by atoms with Crippen molar-refractivity contribution in [1.82, 2.24) is 4.98 Å². The smallest absolute Gasteiger partial charge is 0.460 e. The molecule has 0 fully saturated rings. The number of carbonyl (C=O) groups is 2. The van der Waals surface area contributed by atoms with E-state index in [4.69, 9.17) is 0 Å². The number of ether oxygens (including phenoxy) is 2. The van der Waals surface area contributed by atoms with Gasteiger partial charge in [-0.05, 0) is 6.07 Å². The van der Waals surface area contributed by atoms with E-state index in [-0.39, 0.29) is 5.39 Å². The fourth-order valence-electron chi connectivity index (χ4n) is 2.38. The first-order valence-corrected chi connectivity index (χ1v) is 7.23. The number of methoxy groups -OCH3 is 2. The van der Waals surface area contributed by atoms with E-state index >= 15 is 0 Å². The van der Waals surface area contributed by atoms with Crippen molar-refractivity contribution in [3.8, 4) is 0 Å². The van der Waals surface area contributed by atoms with Crippen LogP contribution in [0.5, 0.6) is 0 Å². The van der Waals surface area contributed by atoms with Crippen LogP contribution < -0.4 is 0 Å². The highest BCUT2D eigenvalue weighted by molar-refractivity contribution is 6.12. The van der Waals surface area contributed by atoms with Gasteiger partial charge in [0.1, 0.15) is 11.3 Å². The number of carbonyl (C=O) groups excluding carboxylic acids is 2. The molecule has 2 aromatic rings. The first kappa shape index (κ1) is 21.4. The number of hydrogen-bond donors (Lipinski definition) is 0. The molecule has 2 rings (SSSR count). The van der Waals surface area contributed by atoms with Gasteiger partial charge in [-0.15, -0.1) is 0 Å². The molecular formula is C16H10F7NO4. The van der Waals surface area contributed by atoms with E-state index in [1.807, 2.05) is 0 Å². The monoisotopic (exact) mass is 413 g/mol. The molecule has 0 spiro atoms. The summed E-state index contributed by atoms with van der Waals surface area (Å²) >= 11 is 0. The number of benzene rings is 1. The Morgan fingerprint density at radius 2 is 1.36 bits per heavy atom. The number of para-hydroxylation sites is 1. The Hall–Kier alpha value is -2.92. The fraction of sp³-hybridized carbons (Fsp3) is 0.312. The lowest BCUT2D eigenvalue weighted by Gasteiger charge is -2.29. The van der Waals surface area contributed by atoms with Crippen LogP contribution in [0.2, 0.25) is 0 Å². The molecule has 0 aliphatic carbocycles. The summed E-state index contributed by atoms with van der Waals surface area (Å²) in [6.45, 7) is 0. The summed E-state index contributed by atoms with van der Waals surface area (Å²) in [6.07, 6.45) is -6.68. The largest absolute Gasteiger partial charge is 0.465 e. The average molecular weight is 413 g/mol. The Kier molecular flexibility index (Phi) is 5.28. The molecule has 152 valence electrons. The number of fused-ring (bicyclic) bond motifs is 1. The molecule has 0 amide bonds. The molecule has 5 nitrogen and oxygen atoms in total. The van der Waals surface area contributed by atoms with Gasteiger partial charge in [0.25, 0.3) is 0 Å². The predicted molar refractivity (Wildman–Crippen MR) is 79.3 cm³/mol. The molecule has 0 unspecified atom stereocenters. The number of nitrogens with zero attached hydrogens (tertiary/aromatic N) is 1. The van der Waals surface area contributed by atoms with Gasteiger partial charge < -0.3 is 9.47 Å². The average Bonchev–Trinajstić information content (AvgIpc) is 2.63. The molecule has 12 heteroatoms. The Labute approximate surface area is 152 Å². The lowest BCUT2D eigenvalue weighted by molar-refractivity contribution is -0.360. The maximum absolute atomic E-state index is 14.4. The molecule has 0 aliphatic rings. The van der Waals surface area contributed by atoms with Gasteiger partial charge in [-0.25, -0.2) is 14.6 Å². The lowest BCUT2D eigenvalue weighted by atomic mass is 9.94. The zero-order valence-corrected chi connectivity index (χ0v) is 14.0. The summed E-state index contributed by atoms with van der Waals surface area (Å²) in [4.78, 5) is 27.2. The third kappa shape index (κ3) is 3.12. The molecule has 0 N–H and O–H groups in total. The number of rotatable bonds is 4. The Bertz CT molecular complexity index is 940. The zero-order chi connectivity index (χ0) is 21.5. The van der Waals surface area contributed by atoms with Crippen LogP contribution in [0.15, 0.2) is 24.3 Å². The summed E-state index contributed by atoms with van der Waals surface area (Å²) < 4.78 is 102. The number of pyridine rings is 1. The van der Waals surface area contributed by atoms with Gasteiger partial charge in [-0.2, -0.15) is 30.7 Å². The lowest BCUT2D eigenvalue weighted by Crippen LogP contribution is -2.51. The Morgan fingerprint density at radius 3 is 1.86 bits per heavy atom. The third-order valence-corrected chi connectivity index (χ3v) is 3.72. The number of aromatic nitrogens is 1. The van der Waals surface area contributed by atoms with Crippen molar-refractivity contribution in [2.75, 3.05) is 14.2 Å². The minimum absolute atomic E-state index is 0.287. The number of alkyl halides is 7. The second-order valence-corrected chi connectivity index (χ2v) is 5.36. The topological polar surface area (TPSA) is 65.5 Å². The van der Waals surface area contributed by atoms with Crippen LogP contribution in [0.3, 0.4) is 0 Å². The van der Waals surface area contributed by atoms with Gasteiger partial charge in [0.2, 0.25) is 0 Å². The molecule has 0 radical (unpaired) electrons. The minimum atomic E-state index is -6.68. The number of esters is 2. The minimum Gasteiger partial charge on any atom is -0.465 e. The summed E-state index contributed by atoms with van der Waals surface area (Å²) in [5.41, 5.74) is -5.33. The summed E-state index contributed by atoms with van der Waals surface area (Å²) in [7, 11) is 1.45. The van der Waals surface area contributed by atoms with Crippen LogP contribution in [-0.4, -0.2) is 43.2 Å². The van der Waals surface area contributed by atoms with Gasteiger partial charge in [0, 0.05) is 5.39 Å². The van der Waals surface area contributed by atoms with Crippen molar-refractivity contribution in [1.29, 1.82) is 0 Å². The summed E-state index contributed by atoms with van der Waals surface area (Å²) in [6, 6.07) is 4.59. The van der Waals surface area contributed by atoms with Gasteiger partial charge in [-0.1, -0.05) is 18.2 Å². The molecule has 0 aliphatic heterocycles. The van der Waals surface area contributed by atoms with E-state index in [1.165, 1.54) is 12.1 Å². The van der Waals surface area contributed by atoms with Crippen LogP contribution in [0.25, 0.3) is 10.9 Å². The Morgan fingerprint density at radius 1 is 0.857 bits per heavy atom. The molecule has 28 heavy (non-hydrogen) atoms. The van der Waals surface area contributed by atoms with Crippen molar-refractivity contribution in [2.45, 2.75) is 18.0 Å². The fourth-order valence-corrected chi connectivity index (χ4v) is 2.38. The zero-order valence-electron chi connectivity index (χ0n) is 14.0. The highest BCUT2D eigenvalue weighted by atomic mass is 19.4. The predicted octanol–water partition coefficient (Wildman–Crippen LogP) is 4.10. The quantitative estimate of drug-likeness (QED) is 0.558. The van der Waals surface area contributed by atoms with Crippen LogP contribution in [0.4, 0.5) is 30.7 Å². The van der Waals surface area contributed by atoms with Gasteiger partial charge in [0.15, 0.2) is 0 Å². The standard InChI is InChI=1S/C16H10F7NO4/c1-27-12(25)9-7-5-3-4-6-8(7)24-11(10(9)13(26)28-2)14(17,18)15(19,20)16(21,22)23/h3-6H,1-2H3. The third-order valence-electron chi connectivity index (χ3n) is 3.72. The van der Waals surface area contributed by atoms with Crippen molar-refractivity contribution < 1.29 is 49.8 Å². The number of halogens is 7. The molecule has 1 heterocycles. The van der Waals surface area contributed by atoms with E-state index in [0.29, 0.717) is 7.11 Å². The van der Waals surface area contributed by atoms with Gasteiger partial charge in [0.05, 0.1) is 25.3 Å². The maximum atomic E-state index is 14.4. The molecule has 0 saturated carbocycles. The van der Waals surface area contributed by atoms with Crippen LogP contribution in [0.1, 0.15) is 26.4 Å². The molecule has 1 aromatic carbocycles.